The molecule has 3 amide bonds. The number of nitrogens with zero attached hydrogens (tertiary/aromatic N) is 1. The summed E-state index contributed by atoms with van der Waals surface area (Å²) in [4.78, 5) is 39.0. The Balaban J connectivity index is 1.73. The predicted molar refractivity (Wildman–Crippen MR) is 107 cm³/mol. The molecule has 0 radical (unpaired) electrons. The smallest absolute Gasteiger partial charge is 0.325 e. The molecule has 1 fully saturated rings. The molecule has 0 unspecified atom stereocenters. The lowest BCUT2D eigenvalue weighted by Gasteiger charge is -2.22. The summed E-state index contributed by atoms with van der Waals surface area (Å²) in [5.41, 5.74) is 0.0587. The number of nitrogens with one attached hydrogen (secondary N) is 1. The van der Waals surface area contributed by atoms with Crippen molar-refractivity contribution in [2.75, 3.05) is 20.3 Å². The van der Waals surface area contributed by atoms with Crippen LogP contribution in [-0.2, 0) is 11.2 Å². The summed E-state index contributed by atoms with van der Waals surface area (Å²) in [6.07, 6.45) is 0.259. The molecule has 7 heteroatoms. The van der Waals surface area contributed by atoms with Crippen LogP contribution < -0.4 is 14.8 Å². The number of hydrogen-bond donors (Lipinski definition) is 1. The number of Topliss-reactive ketones (excluding diaryl/α,β-unsaturated/α-hetero) is 1. The molecule has 1 N–H and O–H groups in total. The SMILES string of the molecule is CCOc1ccc(C(=O)CN2C(=O)N[C@@](C)(Cc3ccccc3OC)C2=O)cc1. The van der Waals surface area contributed by atoms with E-state index in [4.69, 9.17) is 9.47 Å². The summed E-state index contributed by atoms with van der Waals surface area (Å²) < 4.78 is 10.7. The van der Waals surface area contributed by atoms with E-state index in [-0.39, 0.29) is 18.7 Å². The number of para-hydroxylation sites is 1. The van der Waals surface area contributed by atoms with Crippen molar-refractivity contribution in [2.24, 2.45) is 0 Å². The first-order valence-electron chi connectivity index (χ1n) is 9.40. The number of methoxy groups -OCH3 is 1. The van der Waals surface area contributed by atoms with Crippen LogP contribution in [0.2, 0.25) is 0 Å². The van der Waals surface area contributed by atoms with Crippen molar-refractivity contribution in [1.29, 1.82) is 0 Å². The van der Waals surface area contributed by atoms with Crippen LogP contribution in [0.3, 0.4) is 0 Å². The second-order valence-corrected chi connectivity index (χ2v) is 7.02. The van der Waals surface area contributed by atoms with Gasteiger partial charge in [0, 0.05) is 12.0 Å². The highest BCUT2D eigenvalue weighted by molar-refractivity contribution is 6.11. The van der Waals surface area contributed by atoms with Crippen molar-refractivity contribution in [3.63, 3.8) is 0 Å². The van der Waals surface area contributed by atoms with E-state index in [0.29, 0.717) is 23.7 Å². The Hall–Kier alpha value is -3.35. The Morgan fingerprint density at radius 1 is 1.10 bits per heavy atom. The Bertz CT molecular complexity index is 925. The van der Waals surface area contributed by atoms with Crippen LogP contribution in [0.15, 0.2) is 48.5 Å². The molecule has 1 saturated heterocycles. The van der Waals surface area contributed by atoms with Crippen molar-refractivity contribution in [3.05, 3.63) is 59.7 Å². The number of imide groups is 1. The van der Waals surface area contributed by atoms with Crippen molar-refractivity contribution in [2.45, 2.75) is 25.8 Å². The zero-order chi connectivity index (χ0) is 21.0. The molecule has 1 heterocycles. The molecule has 0 aliphatic carbocycles. The summed E-state index contributed by atoms with van der Waals surface area (Å²) in [5, 5.41) is 2.72. The summed E-state index contributed by atoms with van der Waals surface area (Å²) in [6.45, 7) is 3.74. The van der Waals surface area contributed by atoms with Gasteiger partial charge in [0.2, 0.25) is 0 Å². The third-order valence-electron chi connectivity index (χ3n) is 4.87. The highest BCUT2D eigenvalue weighted by Gasteiger charge is 2.48. The third kappa shape index (κ3) is 4.23. The van der Waals surface area contributed by atoms with E-state index in [9.17, 15) is 14.4 Å². The molecule has 2 aromatic carbocycles. The van der Waals surface area contributed by atoms with Crippen LogP contribution in [0.1, 0.15) is 29.8 Å². The minimum atomic E-state index is -1.15. The molecule has 1 atom stereocenters. The van der Waals surface area contributed by atoms with E-state index in [2.05, 4.69) is 5.32 Å². The van der Waals surface area contributed by atoms with Crippen LogP contribution >= 0.6 is 0 Å². The van der Waals surface area contributed by atoms with Crippen molar-refractivity contribution in [1.82, 2.24) is 10.2 Å². The number of hydrogen-bond acceptors (Lipinski definition) is 5. The molecule has 1 aliphatic heterocycles. The highest BCUT2D eigenvalue weighted by Crippen LogP contribution is 2.27. The third-order valence-corrected chi connectivity index (χ3v) is 4.87. The fraction of sp³-hybridized carbons (Fsp3) is 0.318. The van der Waals surface area contributed by atoms with Gasteiger partial charge in [-0.25, -0.2) is 4.79 Å². The lowest BCUT2D eigenvalue weighted by atomic mass is 9.92. The van der Waals surface area contributed by atoms with Crippen LogP contribution in [0, 0.1) is 0 Å². The molecule has 1 aliphatic rings. The molecule has 0 saturated carbocycles. The lowest BCUT2D eigenvalue weighted by molar-refractivity contribution is -0.130. The first kappa shape index (κ1) is 20.4. The summed E-state index contributed by atoms with van der Waals surface area (Å²) in [7, 11) is 1.55. The summed E-state index contributed by atoms with van der Waals surface area (Å²) in [5.74, 6) is 0.536. The maximum absolute atomic E-state index is 13.0. The number of rotatable bonds is 8. The van der Waals surface area contributed by atoms with E-state index >= 15 is 0 Å². The van der Waals surface area contributed by atoms with Crippen LogP contribution in [0.25, 0.3) is 0 Å². The molecule has 3 rings (SSSR count). The molecule has 0 spiro atoms. The normalized spacial score (nSPS) is 18.5. The number of carbonyl (C=O) groups is 3. The Morgan fingerprint density at radius 2 is 1.79 bits per heavy atom. The van der Waals surface area contributed by atoms with Gasteiger partial charge in [-0.1, -0.05) is 18.2 Å². The number of ketones is 1. The Labute approximate surface area is 169 Å². The van der Waals surface area contributed by atoms with Gasteiger partial charge in [0.1, 0.15) is 17.0 Å². The average molecular weight is 396 g/mol. The maximum atomic E-state index is 13.0. The fourth-order valence-corrected chi connectivity index (χ4v) is 3.38. The topological polar surface area (TPSA) is 84.9 Å². The van der Waals surface area contributed by atoms with Crippen molar-refractivity contribution < 1.29 is 23.9 Å². The van der Waals surface area contributed by atoms with Crippen molar-refractivity contribution >= 4 is 17.7 Å². The van der Waals surface area contributed by atoms with Gasteiger partial charge in [0.25, 0.3) is 5.91 Å². The minimum absolute atomic E-state index is 0.259. The van der Waals surface area contributed by atoms with Gasteiger partial charge in [-0.15, -0.1) is 0 Å². The standard InChI is InChI=1S/C22H24N2O5/c1-4-29-17-11-9-15(10-12-17)18(25)14-24-20(26)22(2,23-21(24)27)13-16-7-5-6-8-19(16)28-3/h5-12H,4,13-14H2,1-3H3,(H,23,27)/t22-/m0/s1. The van der Waals surface area contributed by atoms with Gasteiger partial charge >= 0.3 is 6.03 Å². The number of carbonyl (C=O) groups excluding carboxylic acids is 3. The van der Waals surface area contributed by atoms with Gasteiger partial charge in [0.05, 0.1) is 20.3 Å². The van der Waals surface area contributed by atoms with Gasteiger partial charge in [-0.05, 0) is 49.7 Å². The lowest BCUT2D eigenvalue weighted by Crippen LogP contribution is -2.46. The second kappa shape index (κ2) is 8.34. The summed E-state index contributed by atoms with van der Waals surface area (Å²) in [6, 6.07) is 13.4. The fourth-order valence-electron chi connectivity index (χ4n) is 3.38. The molecule has 7 nitrogen and oxygen atoms in total. The quantitative estimate of drug-likeness (QED) is 0.548. The number of benzene rings is 2. The molecule has 2 aromatic rings. The number of amides is 3. The van der Waals surface area contributed by atoms with Gasteiger partial charge in [0.15, 0.2) is 5.78 Å². The predicted octanol–water partition coefficient (Wildman–Crippen LogP) is 2.83. The van der Waals surface area contributed by atoms with Crippen molar-refractivity contribution in [3.8, 4) is 11.5 Å². The monoisotopic (exact) mass is 396 g/mol. The minimum Gasteiger partial charge on any atom is -0.496 e. The Morgan fingerprint density at radius 3 is 2.45 bits per heavy atom. The first-order chi connectivity index (χ1) is 13.9. The number of urea groups is 1. The Kier molecular flexibility index (Phi) is 5.87. The van der Waals surface area contributed by atoms with Crippen LogP contribution in [-0.4, -0.2) is 48.4 Å². The maximum Gasteiger partial charge on any atom is 0.325 e. The molecular weight excluding hydrogens is 372 g/mol. The van der Waals surface area contributed by atoms with Gasteiger partial charge in [-0.3, -0.25) is 14.5 Å². The zero-order valence-corrected chi connectivity index (χ0v) is 16.7. The molecule has 0 aromatic heterocycles. The zero-order valence-electron chi connectivity index (χ0n) is 16.7. The number of ether oxygens (including phenoxy) is 2. The second-order valence-electron chi connectivity index (χ2n) is 7.02. The van der Waals surface area contributed by atoms with E-state index in [1.165, 1.54) is 0 Å². The van der Waals surface area contributed by atoms with Crippen LogP contribution in [0.4, 0.5) is 4.79 Å². The first-order valence-corrected chi connectivity index (χ1v) is 9.40. The van der Waals surface area contributed by atoms with E-state index in [1.807, 2.05) is 25.1 Å². The van der Waals surface area contributed by atoms with Gasteiger partial charge in [-0.2, -0.15) is 0 Å². The molecular formula is C22H24N2O5. The molecule has 152 valence electrons. The molecule has 29 heavy (non-hydrogen) atoms. The van der Waals surface area contributed by atoms with E-state index in [0.717, 1.165) is 10.5 Å². The van der Waals surface area contributed by atoms with E-state index < -0.39 is 17.5 Å². The van der Waals surface area contributed by atoms with Gasteiger partial charge < -0.3 is 14.8 Å². The largest absolute Gasteiger partial charge is 0.496 e. The van der Waals surface area contributed by atoms with Crippen LogP contribution in [0.5, 0.6) is 11.5 Å². The molecule has 0 bridgehead atoms. The van der Waals surface area contributed by atoms with E-state index in [1.54, 1.807) is 44.4 Å². The average Bonchev–Trinajstić information content (AvgIpc) is 2.92. The summed E-state index contributed by atoms with van der Waals surface area (Å²) >= 11 is 0. The highest BCUT2D eigenvalue weighted by atomic mass is 16.5.